The van der Waals surface area contributed by atoms with Crippen LogP contribution in [-0.2, 0) is 31.6 Å². The minimum atomic E-state index is -3.44. The number of para-hydroxylation sites is 1. The number of ether oxygens (including phenoxy) is 3. The summed E-state index contributed by atoms with van der Waals surface area (Å²) in [6, 6.07) is 14.9. The van der Waals surface area contributed by atoms with Crippen LogP contribution in [0.5, 0.6) is 17.4 Å². The van der Waals surface area contributed by atoms with Crippen molar-refractivity contribution >= 4 is 25.7 Å². The van der Waals surface area contributed by atoms with Gasteiger partial charge in [-0.05, 0) is 56.7 Å². The molecule has 0 radical (unpaired) electrons. The summed E-state index contributed by atoms with van der Waals surface area (Å²) in [5.74, 6) is 2.26. The van der Waals surface area contributed by atoms with E-state index in [1.54, 1.807) is 49.9 Å². The van der Waals surface area contributed by atoms with Crippen LogP contribution in [0.15, 0.2) is 71.0 Å². The van der Waals surface area contributed by atoms with Gasteiger partial charge in [-0.15, -0.1) is 5.10 Å². The molecule has 13 heteroatoms. The van der Waals surface area contributed by atoms with Crippen molar-refractivity contribution < 1.29 is 42.1 Å². The number of carboxylic acid groups (broad SMARTS) is 1. The second-order valence-electron chi connectivity index (χ2n) is 9.15. The van der Waals surface area contributed by atoms with E-state index < -0.39 is 13.6 Å². The monoisotopic (exact) mass is 623 g/mol. The van der Waals surface area contributed by atoms with E-state index in [0.29, 0.717) is 34.4 Å². The summed E-state index contributed by atoms with van der Waals surface area (Å²) in [5, 5.41) is 13.4. The second kappa shape index (κ2) is 15.2. The third-order valence-corrected chi connectivity index (χ3v) is 7.78. The van der Waals surface area contributed by atoms with E-state index in [0.717, 1.165) is 17.3 Å². The molecule has 0 aliphatic rings. The minimum Gasteiger partial charge on any atom is -0.493 e. The van der Waals surface area contributed by atoms with Gasteiger partial charge < -0.3 is 32.8 Å². The number of carboxylic acids is 1. The van der Waals surface area contributed by atoms with Crippen LogP contribution in [-0.4, -0.2) is 46.2 Å². The average molecular weight is 624 g/mol. The molecule has 2 aromatic carbocycles. The Bertz CT molecular complexity index is 1650. The highest BCUT2D eigenvalue weighted by Crippen LogP contribution is 2.50. The van der Waals surface area contributed by atoms with Gasteiger partial charge in [0.2, 0.25) is 11.8 Å². The zero-order valence-corrected chi connectivity index (χ0v) is 25.7. The Labute approximate surface area is 255 Å². The SMILES string of the molecule is CCOP(=O)(C=Cc1cn(-c2ccccc2)nc1OCc1ccc(OCc2nc(C=CC(=O)O)oc2C)c(OC)c1)OCC. The Hall–Kier alpha value is -4.64. The summed E-state index contributed by atoms with van der Waals surface area (Å²) >= 11 is 0. The van der Waals surface area contributed by atoms with Crippen LogP contribution in [0.1, 0.15) is 42.3 Å². The number of rotatable bonds is 16. The Balaban J connectivity index is 1.50. The molecule has 2 aromatic heterocycles. The van der Waals surface area contributed by atoms with Crippen LogP contribution < -0.4 is 14.2 Å². The lowest BCUT2D eigenvalue weighted by atomic mass is 10.2. The van der Waals surface area contributed by atoms with E-state index in [4.69, 9.17) is 32.8 Å². The molecule has 0 fully saturated rings. The zero-order valence-electron chi connectivity index (χ0n) is 24.8. The van der Waals surface area contributed by atoms with Crippen molar-refractivity contribution in [3.63, 3.8) is 0 Å². The van der Waals surface area contributed by atoms with Gasteiger partial charge in [0.05, 0.1) is 31.6 Å². The molecule has 4 aromatic rings. The fourth-order valence-electron chi connectivity index (χ4n) is 3.98. The van der Waals surface area contributed by atoms with E-state index in [1.807, 2.05) is 36.4 Å². The minimum absolute atomic E-state index is 0.0857. The molecule has 0 aliphatic carbocycles. The summed E-state index contributed by atoms with van der Waals surface area (Å²) in [6.45, 7) is 5.93. The number of methoxy groups -OCH3 is 1. The van der Waals surface area contributed by atoms with Gasteiger partial charge in [0.15, 0.2) is 11.5 Å². The molecule has 2 heterocycles. The first-order valence-corrected chi connectivity index (χ1v) is 15.4. The van der Waals surface area contributed by atoms with Gasteiger partial charge in [-0.25, -0.2) is 14.5 Å². The van der Waals surface area contributed by atoms with Crippen molar-refractivity contribution in [1.82, 2.24) is 14.8 Å². The summed E-state index contributed by atoms with van der Waals surface area (Å²) < 4.78 is 48.5. The molecule has 0 atom stereocenters. The standard InChI is InChI=1S/C31H34N3O9P/c1-5-41-44(37,42-6-2)17-16-24-19-34(25-10-8-7-9-11-25)33-31(24)40-20-23-12-13-27(28(18-23)38-4)39-21-26-22(3)43-29(32-26)14-15-30(35)36/h7-19H,5-6,20-21H2,1-4H3,(H,35,36). The predicted molar refractivity (Wildman–Crippen MR) is 163 cm³/mol. The number of hydrogen-bond donors (Lipinski definition) is 1. The van der Waals surface area contributed by atoms with Crippen LogP contribution in [0.4, 0.5) is 0 Å². The van der Waals surface area contributed by atoms with Gasteiger partial charge in [0, 0.05) is 24.2 Å². The quantitative estimate of drug-likeness (QED) is 0.106. The number of aliphatic carboxylic acids is 1. The van der Waals surface area contributed by atoms with E-state index in [2.05, 4.69) is 10.1 Å². The average Bonchev–Trinajstić information content (AvgIpc) is 3.60. The first-order chi connectivity index (χ1) is 21.2. The van der Waals surface area contributed by atoms with Crippen molar-refractivity contribution in [2.75, 3.05) is 20.3 Å². The molecule has 0 bridgehead atoms. The molecular formula is C31H34N3O9P. The van der Waals surface area contributed by atoms with Gasteiger partial charge in [-0.3, -0.25) is 4.57 Å². The van der Waals surface area contributed by atoms with Crippen LogP contribution in [0, 0.1) is 6.92 Å². The van der Waals surface area contributed by atoms with E-state index in [9.17, 15) is 9.36 Å². The predicted octanol–water partition coefficient (Wildman–Crippen LogP) is 6.67. The lowest BCUT2D eigenvalue weighted by Crippen LogP contribution is -2.02. The van der Waals surface area contributed by atoms with Crippen LogP contribution >= 0.6 is 7.60 Å². The molecule has 232 valence electrons. The zero-order chi connectivity index (χ0) is 31.5. The van der Waals surface area contributed by atoms with Gasteiger partial charge >= 0.3 is 13.6 Å². The first-order valence-electron chi connectivity index (χ1n) is 13.8. The van der Waals surface area contributed by atoms with Crippen molar-refractivity contribution in [2.24, 2.45) is 0 Å². The topological polar surface area (TPSA) is 144 Å². The first kappa shape index (κ1) is 32.3. The summed E-state index contributed by atoms with van der Waals surface area (Å²) in [4.78, 5) is 15.0. The van der Waals surface area contributed by atoms with Gasteiger partial charge in [0.25, 0.3) is 0 Å². The van der Waals surface area contributed by atoms with Gasteiger partial charge in [-0.1, -0.05) is 24.3 Å². The smallest absolute Gasteiger partial charge is 0.354 e. The molecule has 0 saturated heterocycles. The third kappa shape index (κ3) is 8.70. The van der Waals surface area contributed by atoms with Crippen molar-refractivity contribution in [3.8, 4) is 23.1 Å². The number of hydrogen-bond acceptors (Lipinski definition) is 10. The molecule has 44 heavy (non-hydrogen) atoms. The molecule has 0 amide bonds. The fraction of sp³-hybridized carbons (Fsp3) is 0.258. The highest BCUT2D eigenvalue weighted by atomic mass is 31.2. The van der Waals surface area contributed by atoms with Crippen molar-refractivity contribution in [2.45, 2.75) is 34.0 Å². The Kier molecular flexibility index (Phi) is 11.1. The number of benzene rings is 2. The van der Waals surface area contributed by atoms with E-state index in [-0.39, 0.29) is 32.3 Å². The lowest BCUT2D eigenvalue weighted by molar-refractivity contribution is -0.131. The van der Waals surface area contributed by atoms with Crippen LogP contribution in [0.25, 0.3) is 17.8 Å². The van der Waals surface area contributed by atoms with Crippen LogP contribution in [0.3, 0.4) is 0 Å². The maximum absolute atomic E-state index is 13.0. The Morgan fingerprint density at radius 3 is 2.45 bits per heavy atom. The maximum Gasteiger partial charge on any atom is 0.354 e. The normalized spacial score (nSPS) is 11.8. The number of nitrogens with zero attached hydrogens (tertiary/aromatic N) is 3. The Morgan fingerprint density at radius 1 is 1.02 bits per heavy atom. The van der Waals surface area contributed by atoms with Crippen molar-refractivity contribution in [3.05, 3.63) is 95.1 Å². The van der Waals surface area contributed by atoms with Crippen molar-refractivity contribution in [1.29, 1.82) is 0 Å². The highest BCUT2D eigenvalue weighted by molar-refractivity contribution is 7.57. The van der Waals surface area contributed by atoms with Crippen LogP contribution in [0.2, 0.25) is 0 Å². The number of oxazole rings is 1. The second-order valence-corrected chi connectivity index (χ2v) is 11.0. The molecule has 0 spiro atoms. The molecule has 1 N–H and O–H groups in total. The highest BCUT2D eigenvalue weighted by Gasteiger charge is 2.20. The lowest BCUT2D eigenvalue weighted by Gasteiger charge is -2.13. The summed E-state index contributed by atoms with van der Waals surface area (Å²) in [5.41, 5.74) is 2.72. The fourth-order valence-corrected chi connectivity index (χ4v) is 5.29. The van der Waals surface area contributed by atoms with Gasteiger partial charge in [0.1, 0.15) is 24.7 Å². The molecule has 4 rings (SSSR count). The largest absolute Gasteiger partial charge is 0.493 e. The maximum atomic E-state index is 13.0. The Morgan fingerprint density at radius 2 is 1.77 bits per heavy atom. The molecule has 0 saturated carbocycles. The summed E-state index contributed by atoms with van der Waals surface area (Å²) in [6.07, 6.45) is 5.62. The number of aromatic nitrogens is 3. The van der Waals surface area contributed by atoms with E-state index >= 15 is 0 Å². The third-order valence-electron chi connectivity index (χ3n) is 6.03. The molecular weight excluding hydrogens is 589 g/mol. The van der Waals surface area contributed by atoms with E-state index in [1.165, 1.54) is 19.0 Å². The molecule has 12 nitrogen and oxygen atoms in total. The molecule has 0 unspecified atom stereocenters. The number of carbonyl (C=O) groups is 1. The number of aryl methyl sites for hydroxylation is 1. The van der Waals surface area contributed by atoms with Gasteiger partial charge in [-0.2, -0.15) is 0 Å². The summed E-state index contributed by atoms with van der Waals surface area (Å²) in [7, 11) is -1.91. The molecule has 0 aliphatic heterocycles.